The third-order valence-corrected chi connectivity index (χ3v) is 2.42. The topological polar surface area (TPSA) is 12.0 Å². The van der Waals surface area contributed by atoms with Crippen LogP contribution in [-0.2, 0) is 0 Å². The summed E-state index contributed by atoms with van der Waals surface area (Å²) in [5.74, 6) is 0. The summed E-state index contributed by atoms with van der Waals surface area (Å²) in [6, 6.07) is 0. The van der Waals surface area contributed by atoms with Gasteiger partial charge in [-0.25, -0.2) is 0 Å². The molecule has 1 nitrogen and oxygen atoms in total. The monoisotopic (exact) mass is 149 g/mol. The highest BCUT2D eigenvalue weighted by Gasteiger charge is 2.10. The van der Waals surface area contributed by atoms with Crippen LogP contribution in [0, 0.1) is 0 Å². The Labute approximate surface area is 58.5 Å². The van der Waals surface area contributed by atoms with Gasteiger partial charge >= 0.3 is 0 Å². The first-order valence-corrected chi connectivity index (χ1v) is 3.90. The SMILES string of the molecule is CCC1=CNC(Cl)S1. The average molecular weight is 150 g/mol. The molecule has 0 bridgehead atoms. The molecular formula is C5H8ClNS. The lowest BCUT2D eigenvalue weighted by Crippen LogP contribution is -2.06. The fraction of sp³-hybridized carbons (Fsp3) is 0.600. The predicted octanol–water partition coefficient (Wildman–Crippen LogP) is 2.10. The number of allylic oxidation sites excluding steroid dienone is 1. The quantitative estimate of drug-likeness (QED) is 0.453. The second kappa shape index (κ2) is 2.65. The predicted molar refractivity (Wildman–Crippen MR) is 38.7 cm³/mol. The van der Waals surface area contributed by atoms with Crippen molar-refractivity contribution in [3.63, 3.8) is 0 Å². The smallest absolute Gasteiger partial charge is 0.152 e. The van der Waals surface area contributed by atoms with Gasteiger partial charge in [-0.05, 0) is 6.42 Å². The minimum atomic E-state index is 0.0740. The lowest BCUT2D eigenvalue weighted by Gasteiger charge is -1.96. The Balaban J connectivity index is 2.37. The summed E-state index contributed by atoms with van der Waals surface area (Å²) in [5.41, 5.74) is 0. The summed E-state index contributed by atoms with van der Waals surface area (Å²) in [6.45, 7) is 2.12. The molecule has 0 aromatic heterocycles. The van der Waals surface area contributed by atoms with Crippen LogP contribution in [0.4, 0.5) is 0 Å². The molecule has 1 rings (SSSR count). The van der Waals surface area contributed by atoms with E-state index in [-0.39, 0.29) is 4.83 Å². The van der Waals surface area contributed by atoms with Crippen LogP contribution in [0.25, 0.3) is 0 Å². The Morgan fingerprint density at radius 3 is 3.00 bits per heavy atom. The van der Waals surface area contributed by atoms with Crippen molar-refractivity contribution >= 4 is 23.4 Å². The second-order valence-electron chi connectivity index (χ2n) is 1.56. The highest BCUT2D eigenvalue weighted by Crippen LogP contribution is 2.29. The minimum absolute atomic E-state index is 0.0740. The van der Waals surface area contributed by atoms with Gasteiger partial charge in [0.15, 0.2) is 4.83 Å². The fourth-order valence-electron chi connectivity index (χ4n) is 0.545. The zero-order chi connectivity index (χ0) is 5.98. The second-order valence-corrected chi connectivity index (χ2v) is 3.49. The van der Waals surface area contributed by atoms with Crippen LogP contribution in [0.2, 0.25) is 0 Å². The van der Waals surface area contributed by atoms with Crippen molar-refractivity contribution in [3.8, 4) is 0 Å². The van der Waals surface area contributed by atoms with Gasteiger partial charge in [0.1, 0.15) is 0 Å². The van der Waals surface area contributed by atoms with Crippen molar-refractivity contribution < 1.29 is 0 Å². The third-order valence-electron chi connectivity index (χ3n) is 0.979. The van der Waals surface area contributed by atoms with Crippen LogP contribution in [0.5, 0.6) is 0 Å². The summed E-state index contributed by atoms with van der Waals surface area (Å²) in [7, 11) is 0. The minimum Gasteiger partial charge on any atom is -0.366 e. The highest BCUT2D eigenvalue weighted by atomic mass is 35.5. The molecule has 0 fully saturated rings. The number of halogens is 1. The van der Waals surface area contributed by atoms with Gasteiger partial charge in [0, 0.05) is 11.1 Å². The molecule has 1 unspecified atom stereocenters. The highest BCUT2D eigenvalue weighted by molar-refractivity contribution is 8.04. The van der Waals surface area contributed by atoms with Crippen molar-refractivity contribution in [3.05, 3.63) is 11.1 Å². The zero-order valence-electron chi connectivity index (χ0n) is 4.65. The third kappa shape index (κ3) is 1.33. The maximum atomic E-state index is 5.69. The van der Waals surface area contributed by atoms with Crippen molar-refractivity contribution in [1.29, 1.82) is 0 Å². The summed E-state index contributed by atoms with van der Waals surface area (Å²) in [4.78, 5) is 1.41. The summed E-state index contributed by atoms with van der Waals surface area (Å²) < 4.78 is 0. The standard InChI is InChI=1S/C5H8ClNS/c1-2-4-3-7-5(6)8-4/h3,5,7H,2H2,1H3. The van der Waals surface area contributed by atoms with Crippen LogP contribution in [0.15, 0.2) is 11.1 Å². The Bertz CT molecular complexity index is 113. The van der Waals surface area contributed by atoms with Crippen molar-refractivity contribution in [2.75, 3.05) is 0 Å². The Morgan fingerprint density at radius 1 is 2.00 bits per heavy atom. The molecule has 0 aromatic rings. The van der Waals surface area contributed by atoms with Crippen LogP contribution in [-0.4, -0.2) is 4.83 Å². The Morgan fingerprint density at radius 2 is 2.75 bits per heavy atom. The van der Waals surface area contributed by atoms with Crippen molar-refractivity contribution in [2.45, 2.75) is 18.2 Å². The molecule has 0 saturated heterocycles. The van der Waals surface area contributed by atoms with Gasteiger partial charge in [-0.3, -0.25) is 0 Å². The number of alkyl halides is 1. The van der Waals surface area contributed by atoms with Crippen LogP contribution >= 0.6 is 23.4 Å². The zero-order valence-corrected chi connectivity index (χ0v) is 6.22. The number of nitrogens with one attached hydrogen (secondary N) is 1. The Kier molecular flexibility index (Phi) is 2.08. The van der Waals surface area contributed by atoms with Gasteiger partial charge in [-0.1, -0.05) is 30.3 Å². The van der Waals surface area contributed by atoms with Gasteiger partial charge in [0.25, 0.3) is 0 Å². The van der Waals surface area contributed by atoms with E-state index in [9.17, 15) is 0 Å². The molecule has 46 valence electrons. The van der Waals surface area contributed by atoms with Gasteiger partial charge in [-0.2, -0.15) is 0 Å². The van der Waals surface area contributed by atoms with Gasteiger partial charge in [-0.15, -0.1) is 0 Å². The maximum absolute atomic E-state index is 5.69. The molecule has 1 N–H and O–H groups in total. The molecule has 0 aliphatic carbocycles. The molecule has 8 heavy (non-hydrogen) atoms. The average Bonchev–Trinajstić information content (AvgIpc) is 2.14. The molecule has 1 heterocycles. The number of rotatable bonds is 1. The number of hydrogen-bond acceptors (Lipinski definition) is 2. The van der Waals surface area contributed by atoms with Gasteiger partial charge in [0.2, 0.25) is 0 Å². The van der Waals surface area contributed by atoms with Crippen LogP contribution < -0.4 is 5.32 Å². The molecular weight excluding hydrogens is 142 g/mol. The van der Waals surface area contributed by atoms with Crippen molar-refractivity contribution in [2.24, 2.45) is 0 Å². The van der Waals surface area contributed by atoms with E-state index in [2.05, 4.69) is 12.2 Å². The fourth-order valence-corrected chi connectivity index (χ4v) is 1.66. The summed E-state index contributed by atoms with van der Waals surface area (Å²) >= 11 is 7.37. The van der Waals surface area contributed by atoms with E-state index in [1.54, 1.807) is 11.8 Å². The normalized spacial score (nSPS) is 27.2. The van der Waals surface area contributed by atoms with Crippen LogP contribution in [0.3, 0.4) is 0 Å². The summed E-state index contributed by atoms with van der Waals surface area (Å²) in [5, 5.41) is 2.99. The number of hydrogen-bond donors (Lipinski definition) is 1. The Hall–Kier alpha value is 0.180. The van der Waals surface area contributed by atoms with E-state index in [1.165, 1.54) is 4.91 Å². The molecule has 0 radical (unpaired) electrons. The molecule has 1 atom stereocenters. The molecule has 0 spiro atoms. The number of thioether (sulfide) groups is 1. The molecule has 0 amide bonds. The maximum Gasteiger partial charge on any atom is 0.152 e. The van der Waals surface area contributed by atoms with Gasteiger partial charge in [0.05, 0.1) is 0 Å². The van der Waals surface area contributed by atoms with E-state index in [1.807, 2.05) is 6.20 Å². The van der Waals surface area contributed by atoms with E-state index >= 15 is 0 Å². The first-order valence-electron chi connectivity index (χ1n) is 2.58. The summed E-state index contributed by atoms with van der Waals surface area (Å²) in [6.07, 6.45) is 3.06. The largest absolute Gasteiger partial charge is 0.366 e. The van der Waals surface area contributed by atoms with E-state index in [4.69, 9.17) is 11.6 Å². The molecule has 1 aliphatic rings. The molecule has 1 aliphatic heterocycles. The van der Waals surface area contributed by atoms with E-state index in [0.29, 0.717) is 0 Å². The van der Waals surface area contributed by atoms with E-state index < -0.39 is 0 Å². The lowest BCUT2D eigenvalue weighted by molar-refractivity contribution is 1.01. The van der Waals surface area contributed by atoms with Gasteiger partial charge < -0.3 is 5.32 Å². The van der Waals surface area contributed by atoms with Crippen LogP contribution in [0.1, 0.15) is 13.3 Å². The molecule has 3 heteroatoms. The first-order chi connectivity index (χ1) is 3.83. The molecule has 0 saturated carbocycles. The van der Waals surface area contributed by atoms with E-state index in [0.717, 1.165) is 6.42 Å². The van der Waals surface area contributed by atoms with Crippen molar-refractivity contribution in [1.82, 2.24) is 5.32 Å². The first kappa shape index (κ1) is 6.30. The lowest BCUT2D eigenvalue weighted by atomic mass is 10.5. The molecule has 0 aromatic carbocycles.